The number of amides is 2. The van der Waals surface area contributed by atoms with Crippen LogP contribution in [0.15, 0.2) is 54.6 Å². The minimum absolute atomic E-state index is 0.0187. The number of carbonyl (C=O) groups excluding carboxylic acids is 2. The van der Waals surface area contributed by atoms with Gasteiger partial charge < -0.3 is 19.7 Å². The number of nitrogens with one attached hydrogen (secondary N) is 1. The van der Waals surface area contributed by atoms with Gasteiger partial charge in [0.2, 0.25) is 11.8 Å². The van der Waals surface area contributed by atoms with Gasteiger partial charge in [0.25, 0.3) is 0 Å². The first-order valence-corrected chi connectivity index (χ1v) is 9.17. The number of fused-ring (bicyclic) bond motifs is 1. The van der Waals surface area contributed by atoms with Gasteiger partial charge in [0.15, 0.2) is 11.5 Å². The zero-order valence-corrected chi connectivity index (χ0v) is 15.0. The lowest BCUT2D eigenvalue weighted by molar-refractivity contribution is -0.129. The van der Waals surface area contributed by atoms with E-state index in [4.69, 9.17) is 9.47 Å². The van der Waals surface area contributed by atoms with Crippen LogP contribution >= 0.6 is 0 Å². The summed E-state index contributed by atoms with van der Waals surface area (Å²) < 4.78 is 11.5. The molecule has 6 nitrogen and oxygen atoms in total. The van der Waals surface area contributed by atoms with Gasteiger partial charge in [-0.3, -0.25) is 9.59 Å². The van der Waals surface area contributed by atoms with Crippen LogP contribution in [0.3, 0.4) is 0 Å². The molecule has 0 saturated carbocycles. The van der Waals surface area contributed by atoms with Gasteiger partial charge in [-0.05, 0) is 17.7 Å². The molecule has 2 unspecified atom stereocenters. The molecule has 2 aromatic carbocycles. The van der Waals surface area contributed by atoms with Crippen molar-refractivity contribution >= 4 is 11.8 Å². The maximum Gasteiger partial charge on any atom is 0.225 e. The monoisotopic (exact) mass is 366 g/mol. The zero-order valence-electron chi connectivity index (χ0n) is 15.0. The Morgan fingerprint density at radius 3 is 2.63 bits per heavy atom. The Kier molecular flexibility index (Phi) is 4.96. The molecule has 2 aliphatic heterocycles. The van der Waals surface area contributed by atoms with Gasteiger partial charge in [-0.25, -0.2) is 0 Å². The van der Waals surface area contributed by atoms with Crippen molar-refractivity contribution in [3.05, 3.63) is 60.2 Å². The first-order valence-electron chi connectivity index (χ1n) is 9.17. The molecule has 6 heteroatoms. The Balaban J connectivity index is 1.27. The lowest BCUT2D eigenvalue weighted by Gasteiger charge is -2.26. The van der Waals surface area contributed by atoms with Crippen LogP contribution < -0.4 is 14.8 Å². The molecular weight excluding hydrogens is 344 g/mol. The third kappa shape index (κ3) is 4.05. The molecule has 1 fully saturated rings. The Labute approximate surface area is 158 Å². The number of likely N-dealkylation sites (tertiary alicyclic amines) is 1. The second-order valence-corrected chi connectivity index (χ2v) is 6.90. The topological polar surface area (TPSA) is 67.9 Å². The molecular formula is C21H22N2O4. The third-order valence-electron chi connectivity index (χ3n) is 4.87. The molecule has 140 valence electrons. The summed E-state index contributed by atoms with van der Waals surface area (Å²) in [5.74, 6) is 0.996. The summed E-state index contributed by atoms with van der Waals surface area (Å²) in [6, 6.07) is 17.3. The van der Waals surface area contributed by atoms with Crippen molar-refractivity contribution < 1.29 is 19.1 Å². The van der Waals surface area contributed by atoms with E-state index in [1.165, 1.54) is 0 Å². The summed E-state index contributed by atoms with van der Waals surface area (Å²) in [4.78, 5) is 26.5. The minimum Gasteiger partial charge on any atom is -0.486 e. The van der Waals surface area contributed by atoms with Gasteiger partial charge >= 0.3 is 0 Å². The van der Waals surface area contributed by atoms with E-state index in [0.717, 1.165) is 11.3 Å². The van der Waals surface area contributed by atoms with Crippen LogP contribution in [0.4, 0.5) is 0 Å². The van der Waals surface area contributed by atoms with Gasteiger partial charge in [0.05, 0.1) is 12.5 Å². The summed E-state index contributed by atoms with van der Waals surface area (Å²) in [7, 11) is 0. The highest BCUT2D eigenvalue weighted by molar-refractivity contribution is 5.89. The molecule has 2 aliphatic rings. The van der Waals surface area contributed by atoms with Gasteiger partial charge in [0.1, 0.15) is 12.7 Å². The molecule has 1 N–H and O–H groups in total. The summed E-state index contributed by atoms with van der Waals surface area (Å²) in [5.41, 5.74) is 1.07. The predicted molar refractivity (Wildman–Crippen MR) is 99.3 cm³/mol. The Hall–Kier alpha value is -3.02. The van der Waals surface area contributed by atoms with Crippen molar-refractivity contribution in [3.8, 4) is 11.5 Å². The van der Waals surface area contributed by atoms with Crippen molar-refractivity contribution in [3.63, 3.8) is 0 Å². The van der Waals surface area contributed by atoms with Crippen LogP contribution in [0.5, 0.6) is 11.5 Å². The number of para-hydroxylation sites is 2. The largest absolute Gasteiger partial charge is 0.486 e. The van der Waals surface area contributed by atoms with E-state index in [0.29, 0.717) is 32.0 Å². The predicted octanol–water partition coefficient (Wildman–Crippen LogP) is 1.99. The number of ether oxygens (including phenoxy) is 2. The second-order valence-electron chi connectivity index (χ2n) is 6.90. The molecule has 2 heterocycles. The average molecular weight is 366 g/mol. The number of carbonyl (C=O) groups is 2. The fourth-order valence-corrected chi connectivity index (χ4v) is 3.43. The van der Waals surface area contributed by atoms with Crippen LogP contribution in [0.1, 0.15) is 12.0 Å². The van der Waals surface area contributed by atoms with E-state index in [1.807, 2.05) is 54.6 Å². The third-order valence-corrected chi connectivity index (χ3v) is 4.87. The number of nitrogens with zero attached hydrogens (tertiary/aromatic N) is 1. The second kappa shape index (κ2) is 7.70. The van der Waals surface area contributed by atoms with Crippen LogP contribution in [0.2, 0.25) is 0 Å². The van der Waals surface area contributed by atoms with Gasteiger partial charge in [-0.15, -0.1) is 0 Å². The van der Waals surface area contributed by atoms with Crippen LogP contribution in [0, 0.1) is 5.92 Å². The molecule has 0 aromatic heterocycles. The SMILES string of the molecule is O=C(NCC1COc2ccccc2O1)C1CC(=O)N(Cc2ccccc2)C1. The Bertz CT molecular complexity index is 824. The van der Waals surface area contributed by atoms with E-state index in [-0.39, 0.29) is 30.3 Å². The lowest BCUT2D eigenvalue weighted by atomic mass is 10.1. The van der Waals surface area contributed by atoms with Crippen molar-refractivity contribution in [2.24, 2.45) is 5.92 Å². The summed E-state index contributed by atoms with van der Waals surface area (Å²) in [6.07, 6.45) is 0.0187. The molecule has 0 radical (unpaired) electrons. The Morgan fingerprint density at radius 2 is 1.81 bits per heavy atom. The highest BCUT2D eigenvalue weighted by Gasteiger charge is 2.34. The van der Waals surface area contributed by atoms with Crippen LogP contribution in [-0.4, -0.2) is 42.5 Å². The first-order chi connectivity index (χ1) is 13.2. The van der Waals surface area contributed by atoms with Crippen LogP contribution in [0.25, 0.3) is 0 Å². The molecule has 0 spiro atoms. The summed E-state index contributed by atoms with van der Waals surface area (Å²) in [6.45, 7) is 1.74. The van der Waals surface area contributed by atoms with Gasteiger partial charge in [-0.2, -0.15) is 0 Å². The quantitative estimate of drug-likeness (QED) is 0.879. The van der Waals surface area contributed by atoms with E-state index in [9.17, 15) is 9.59 Å². The van der Waals surface area contributed by atoms with E-state index >= 15 is 0 Å². The molecule has 0 bridgehead atoms. The average Bonchev–Trinajstić information content (AvgIpc) is 3.07. The molecule has 27 heavy (non-hydrogen) atoms. The minimum atomic E-state index is -0.321. The summed E-state index contributed by atoms with van der Waals surface area (Å²) in [5, 5.41) is 2.91. The standard InChI is InChI=1S/C21H22N2O4/c24-20-10-16(13-23(20)12-15-6-2-1-3-7-15)21(25)22-11-17-14-26-18-8-4-5-9-19(18)27-17/h1-9,16-17H,10-14H2,(H,22,25). The van der Waals surface area contributed by atoms with E-state index in [2.05, 4.69) is 5.32 Å². The first kappa shape index (κ1) is 17.4. The van der Waals surface area contributed by atoms with E-state index in [1.54, 1.807) is 4.90 Å². The number of benzene rings is 2. The fourth-order valence-electron chi connectivity index (χ4n) is 3.43. The normalized spacial score (nSPS) is 21.2. The molecule has 4 rings (SSSR count). The highest BCUT2D eigenvalue weighted by atomic mass is 16.6. The molecule has 2 amide bonds. The number of hydrogen-bond donors (Lipinski definition) is 1. The molecule has 2 atom stereocenters. The fraction of sp³-hybridized carbons (Fsp3) is 0.333. The van der Waals surface area contributed by atoms with Crippen LogP contribution in [-0.2, 0) is 16.1 Å². The molecule has 2 aromatic rings. The van der Waals surface area contributed by atoms with Crippen molar-refractivity contribution in [2.75, 3.05) is 19.7 Å². The maximum absolute atomic E-state index is 12.5. The van der Waals surface area contributed by atoms with Gasteiger partial charge in [-0.1, -0.05) is 42.5 Å². The Morgan fingerprint density at radius 1 is 1.07 bits per heavy atom. The maximum atomic E-state index is 12.5. The smallest absolute Gasteiger partial charge is 0.225 e. The molecule has 0 aliphatic carbocycles. The van der Waals surface area contributed by atoms with Crippen molar-refractivity contribution in [1.29, 1.82) is 0 Å². The zero-order chi connectivity index (χ0) is 18.6. The van der Waals surface area contributed by atoms with Gasteiger partial charge in [0, 0.05) is 19.5 Å². The lowest BCUT2D eigenvalue weighted by Crippen LogP contribution is -2.43. The van der Waals surface area contributed by atoms with E-state index < -0.39 is 0 Å². The number of rotatable bonds is 5. The summed E-state index contributed by atoms with van der Waals surface area (Å²) >= 11 is 0. The van der Waals surface area contributed by atoms with Crippen molar-refractivity contribution in [1.82, 2.24) is 10.2 Å². The number of hydrogen-bond acceptors (Lipinski definition) is 4. The molecule has 1 saturated heterocycles. The highest BCUT2D eigenvalue weighted by Crippen LogP contribution is 2.30. The van der Waals surface area contributed by atoms with Crippen molar-refractivity contribution in [2.45, 2.75) is 19.1 Å².